The molecular formula is C14H31N3O. The van der Waals surface area contributed by atoms with Crippen LogP contribution in [0.25, 0.3) is 0 Å². The summed E-state index contributed by atoms with van der Waals surface area (Å²) in [6.45, 7) is 6.70. The molecule has 1 aliphatic rings. The minimum atomic E-state index is 0.793. The zero-order valence-electron chi connectivity index (χ0n) is 12.5. The zero-order valence-corrected chi connectivity index (χ0v) is 12.5. The number of unbranched alkanes of at least 4 members (excludes halogenated alkanes) is 1. The van der Waals surface area contributed by atoms with E-state index in [-0.39, 0.29) is 0 Å². The number of hydrogen-bond acceptors (Lipinski definition) is 4. The Morgan fingerprint density at radius 2 is 2.11 bits per heavy atom. The summed E-state index contributed by atoms with van der Waals surface area (Å²) < 4.78 is 5.01. The third-order valence-corrected chi connectivity index (χ3v) is 3.61. The summed E-state index contributed by atoms with van der Waals surface area (Å²) in [5, 5.41) is 3.40. The highest BCUT2D eigenvalue weighted by molar-refractivity contribution is 4.80. The van der Waals surface area contributed by atoms with Crippen molar-refractivity contribution >= 4 is 0 Å². The highest BCUT2D eigenvalue weighted by atomic mass is 16.5. The lowest BCUT2D eigenvalue weighted by molar-refractivity contribution is 0.196. The van der Waals surface area contributed by atoms with Gasteiger partial charge in [-0.1, -0.05) is 0 Å². The van der Waals surface area contributed by atoms with E-state index in [1.807, 2.05) is 0 Å². The van der Waals surface area contributed by atoms with E-state index in [4.69, 9.17) is 4.74 Å². The Balaban J connectivity index is 2.00. The molecule has 0 amide bonds. The van der Waals surface area contributed by atoms with Crippen molar-refractivity contribution in [1.29, 1.82) is 0 Å². The number of nitrogens with zero attached hydrogens (tertiary/aromatic N) is 2. The first-order valence-electron chi connectivity index (χ1n) is 7.32. The molecule has 0 saturated carbocycles. The molecule has 0 aromatic carbocycles. The number of methoxy groups -OCH3 is 1. The number of nitrogens with one attached hydrogen (secondary N) is 1. The number of rotatable bonds is 10. The number of ether oxygens (including phenoxy) is 1. The molecule has 0 bridgehead atoms. The highest BCUT2D eigenvalue weighted by Gasteiger charge is 2.23. The van der Waals surface area contributed by atoms with Crippen molar-refractivity contribution in [2.24, 2.45) is 0 Å². The van der Waals surface area contributed by atoms with Crippen molar-refractivity contribution < 1.29 is 4.74 Å². The largest absolute Gasteiger partial charge is 0.383 e. The van der Waals surface area contributed by atoms with Crippen LogP contribution in [0.5, 0.6) is 0 Å². The summed E-state index contributed by atoms with van der Waals surface area (Å²) >= 11 is 0. The van der Waals surface area contributed by atoms with Crippen molar-refractivity contribution in [3.63, 3.8) is 0 Å². The first-order valence-corrected chi connectivity index (χ1v) is 7.32. The summed E-state index contributed by atoms with van der Waals surface area (Å²) in [5.74, 6) is 0. The molecule has 1 atom stereocenters. The maximum atomic E-state index is 5.01. The predicted octanol–water partition coefficient (Wildman–Crippen LogP) is 1.03. The van der Waals surface area contributed by atoms with Crippen LogP contribution in [0.15, 0.2) is 0 Å². The fourth-order valence-electron chi connectivity index (χ4n) is 2.68. The Hall–Kier alpha value is -0.160. The molecule has 0 aliphatic carbocycles. The molecule has 0 radical (unpaired) electrons. The van der Waals surface area contributed by atoms with E-state index in [0.29, 0.717) is 0 Å². The minimum absolute atomic E-state index is 0.793. The van der Waals surface area contributed by atoms with Crippen molar-refractivity contribution in [1.82, 2.24) is 15.1 Å². The molecule has 0 aromatic rings. The molecule has 108 valence electrons. The van der Waals surface area contributed by atoms with Crippen molar-refractivity contribution in [2.75, 3.05) is 60.5 Å². The van der Waals surface area contributed by atoms with E-state index in [9.17, 15) is 0 Å². The van der Waals surface area contributed by atoms with Crippen LogP contribution >= 0.6 is 0 Å². The highest BCUT2D eigenvalue weighted by Crippen LogP contribution is 2.17. The molecule has 1 unspecified atom stereocenters. The van der Waals surface area contributed by atoms with Gasteiger partial charge in [-0.15, -0.1) is 0 Å². The maximum Gasteiger partial charge on any atom is 0.0587 e. The Bertz CT molecular complexity index is 199. The summed E-state index contributed by atoms with van der Waals surface area (Å²) in [6, 6.07) is 0.793. The first-order chi connectivity index (χ1) is 8.74. The van der Waals surface area contributed by atoms with Crippen LogP contribution in [-0.2, 0) is 4.74 Å². The van der Waals surface area contributed by atoms with Crippen LogP contribution in [0.1, 0.15) is 25.7 Å². The summed E-state index contributed by atoms with van der Waals surface area (Å²) in [4.78, 5) is 4.99. The minimum Gasteiger partial charge on any atom is -0.383 e. The fourth-order valence-corrected chi connectivity index (χ4v) is 2.68. The van der Waals surface area contributed by atoms with Crippen molar-refractivity contribution in [3.8, 4) is 0 Å². The number of hydrogen-bond donors (Lipinski definition) is 1. The number of likely N-dealkylation sites (tertiary alicyclic amines) is 1. The smallest absolute Gasteiger partial charge is 0.0587 e. The molecule has 4 heteroatoms. The molecule has 0 aromatic heterocycles. The molecule has 18 heavy (non-hydrogen) atoms. The molecule has 1 rings (SSSR count). The Kier molecular flexibility index (Phi) is 8.59. The molecule has 1 aliphatic heterocycles. The van der Waals surface area contributed by atoms with E-state index in [1.165, 1.54) is 45.3 Å². The van der Waals surface area contributed by atoms with E-state index < -0.39 is 0 Å². The number of likely N-dealkylation sites (N-methyl/N-ethyl adjacent to an activating group) is 1. The third kappa shape index (κ3) is 6.69. The van der Waals surface area contributed by atoms with Crippen molar-refractivity contribution in [3.05, 3.63) is 0 Å². The lowest BCUT2D eigenvalue weighted by Crippen LogP contribution is -2.38. The molecule has 1 fully saturated rings. The molecule has 1 N–H and O–H groups in total. The van der Waals surface area contributed by atoms with Crippen LogP contribution < -0.4 is 5.32 Å². The van der Waals surface area contributed by atoms with Gasteiger partial charge in [0, 0.05) is 26.2 Å². The molecule has 0 spiro atoms. The van der Waals surface area contributed by atoms with Gasteiger partial charge in [0.25, 0.3) is 0 Å². The van der Waals surface area contributed by atoms with E-state index in [1.54, 1.807) is 7.11 Å². The van der Waals surface area contributed by atoms with Crippen LogP contribution in [-0.4, -0.2) is 76.4 Å². The van der Waals surface area contributed by atoms with E-state index >= 15 is 0 Å². The quantitative estimate of drug-likeness (QED) is 0.592. The monoisotopic (exact) mass is 257 g/mol. The van der Waals surface area contributed by atoms with Gasteiger partial charge >= 0.3 is 0 Å². The standard InChI is InChI=1S/C14H31N3O/c1-16(2)13-14-7-6-11-17(14)10-5-4-8-15-9-12-18-3/h14-15H,4-13H2,1-3H3. The first kappa shape index (κ1) is 15.9. The average Bonchev–Trinajstić information content (AvgIpc) is 2.75. The maximum absolute atomic E-state index is 5.01. The van der Waals surface area contributed by atoms with Gasteiger partial charge in [0.1, 0.15) is 0 Å². The topological polar surface area (TPSA) is 27.7 Å². The second kappa shape index (κ2) is 9.73. The summed E-state index contributed by atoms with van der Waals surface area (Å²) in [5.41, 5.74) is 0. The van der Waals surface area contributed by atoms with Gasteiger partial charge in [-0.2, -0.15) is 0 Å². The molecule has 1 saturated heterocycles. The van der Waals surface area contributed by atoms with Crippen LogP contribution in [0.4, 0.5) is 0 Å². The Morgan fingerprint density at radius 1 is 1.28 bits per heavy atom. The fraction of sp³-hybridized carbons (Fsp3) is 1.00. The average molecular weight is 257 g/mol. The second-order valence-corrected chi connectivity index (χ2v) is 5.54. The summed E-state index contributed by atoms with van der Waals surface area (Å²) in [7, 11) is 6.10. The van der Waals surface area contributed by atoms with Crippen LogP contribution in [0, 0.1) is 0 Å². The van der Waals surface area contributed by atoms with Gasteiger partial charge < -0.3 is 15.0 Å². The van der Waals surface area contributed by atoms with Gasteiger partial charge in [-0.05, 0) is 59.4 Å². The lowest BCUT2D eigenvalue weighted by atomic mass is 10.2. The van der Waals surface area contributed by atoms with Gasteiger partial charge in [-0.3, -0.25) is 4.90 Å². The van der Waals surface area contributed by atoms with E-state index in [2.05, 4.69) is 29.2 Å². The second-order valence-electron chi connectivity index (χ2n) is 5.54. The SMILES string of the molecule is COCCNCCCCN1CCCC1CN(C)C. The van der Waals surface area contributed by atoms with Gasteiger partial charge in [0.15, 0.2) is 0 Å². The van der Waals surface area contributed by atoms with Crippen LogP contribution in [0.3, 0.4) is 0 Å². The van der Waals surface area contributed by atoms with E-state index in [0.717, 1.165) is 25.7 Å². The normalized spacial score (nSPS) is 21.0. The van der Waals surface area contributed by atoms with Crippen molar-refractivity contribution in [2.45, 2.75) is 31.7 Å². The summed E-state index contributed by atoms with van der Waals surface area (Å²) in [6.07, 6.45) is 5.34. The Morgan fingerprint density at radius 3 is 2.83 bits per heavy atom. The zero-order chi connectivity index (χ0) is 13.2. The molecular weight excluding hydrogens is 226 g/mol. The van der Waals surface area contributed by atoms with Crippen LogP contribution in [0.2, 0.25) is 0 Å². The van der Waals surface area contributed by atoms with Gasteiger partial charge in [0.05, 0.1) is 6.61 Å². The molecule has 4 nitrogen and oxygen atoms in total. The Labute approximate surface area is 113 Å². The molecule has 1 heterocycles. The van der Waals surface area contributed by atoms with Gasteiger partial charge in [0.2, 0.25) is 0 Å². The third-order valence-electron chi connectivity index (χ3n) is 3.61. The lowest BCUT2D eigenvalue weighted by Gasteiger charge is -2.26. The van der Waals surface area contributed by atoms with Gasteiger partial charge in [-0.25, -0.2) is 0 Å². The predicted molar refractivity (Wildman–Crippen MR) is 77.1 cm³/mol.